The van der Waals surface area contributed by atoms with Gasteiger partial charge >= 0.3 is 0 Å². The molecule has 0 spiro atoms. The first-order chi connectivity index (χ1) is 10.4. The maximum absolute atomic E-state index is 12.1. The number of nitrogens with one attached hydrogen (secondary N) is 1. The molecule has 118 valence electrons. The molecule has 7 heteroatoms. The molecular weight excluding hydrogens is 304 g/mol. The van der Waals surface area contributed by atoms with Gasteiger partial charge in [-0.05, 0) is 37.1 Å². The molecule has 2 aliphatic heterocycles. The van der Waals surface area contributed by atoms with Crippen molar-refractivity contribution in [2.45, 2.75) is 25.3 Å². The molecule has 2 fully saturated rings. The molecule has 2 saturated heterocycles. The Hall–Kier alpha value is -1.89. The molecule has 0 aliphatic carbocycles. The van der Waals surface area contributed by atoms with Crippen molar-refractivity contribution in [1.29, 1.82) is 0 Å². The van der Waals surface area contributed by atoms with E-state index in [1.165, 1.54) is 0 Å². The lowest BCUT2D eigenvalue weighted by Gasteiger charge is -2.16. The second kappa shape index (κ2) is 5.72. The predicted octanol–water partition coefficient (Wildman–Crippen LogP) is 0.730. The monoisotopic (exact) mass is 322 g/mol. The smallest absolute Gasteiger partial charge is 0.251 e. The van der Waals surface area contributed by atoms with Gasteiger partial charge in [-0.25, -0.2) is 8.42 Å². The Morgan fingerprint density at radius 2 is 1.95 bits per heavy atom. The summed E-state index contributed by atoms with van der Waals surface area (Å²) in [5.74, 6) is -0.0256. The number of benzene rings is 1. The van der Waals surface area contributed by atoms with E-state index in [9.17, 15) is 18.0 Å². The van der Waals surface area contributed by atoms with Gasteiger partial charge in [0.1, 0.15) is 0 Å². The largest absolute Gasteiger partial charge is 0.348 e. The Bertz CT molecular complexity index is 697. The summed E-state index contributed by atoms with van der Waals surface area (Å²) in [4.78, 5) is 25.5. The third-order valence-electron chi connectivity index (χ3n) is 4.08. The van der Waals surface area contributed by atoms with Gasteiger partial charge in [-0.3, -0.25) is 9.59 Å². The molecule has 2 amide bonds. The summed E-state index contributed by atoms with van der Waals surface area (Å²) in [5.41, 5.74) is 1.27. The van der Waals surface area contributed by atoms with Crippen LogP contribution in [0.3, 0.4) is 0 Å². The summed E-state index contributed by atoms with van der Waals surface area (Å²) in [6.45, 7) is 0.713. The van der Waals surface area contributed by atoms with Gasteiger partial charge < -0.3 is 10.2 Å². The topological polar surface area (TPSA) is 83.6 Å². The van der Waals surface area contributed by atoms with E-state index in [1.54, 1.807) is 29.2 Å². The summed E-state index contributed by atoms with van der Waals surface area (Å²) in [7, 11) is -3.01. The molecule has 0 saturated carbocycles. The van der Waals surface area contributed by atoms with Crippen LogP contribution < -0.4 is 10.2 Å². The third-order valence-corrected chi connectivity index (χ3v) is 5.85. The van der Waals surface area contributed by atoms with Crippen LogP contribution in [0.25, 0.3) is 0 Å². The van der Waals surface area contributed by atoms with Crippen LogP contribution in [0.5, 0.6) is 0 Å². The first-order valence-corrected chi connectivity index (χ1v) is 9.18. The lowest BCUT2D eigenvalue weighted by atomic mass is 10.1. The number of carbonyl (C=O) groups excluding carboxylic acids is 2. The van der Waals surface area contributed by atoms with Gasteiger partial charge in [-0.1, -0.05) is 0 Å². The molecule has 0 aromatic heterocycles. The first-order valence-electron chi connectivity index (χ1n) is 7.36. The van der Waals surface area contributed by atoms with E-state index in [2.05, 4.69) is 5.32 Å². The number of anilines is 1. The van der Waals surface area contributed by atoms with Crippen molar-refractivity contribution in [3.63, 3.8) is 0 Å². The highest BCUT2D eigenvalue weighted by Gasteiger charge is 2.29. The fraction of sp³-hybridized carbons (Fsp3) is 0.467. The summed E-state index contributed by atoms with van der Waals surface area (Å²) in [6.07, 6.45) is 1.89. The number of nitrogens with zero attached hydrogens (tertiary/aromatic N) is 1. The number of amides is 2. The quantitative estimate of drug-likeness (QED) is 0.889. The minimum Gasteiger partial charge on any atom is -0.348 e. The van der Waals surface area contributed by atoms with Gasteiger partial charge in [0.15, 0.2) is 9.84 Å². The van der Waals surface area contributed by atoms with Crippen LogP contribution >= 0.6 is 0 Å². The van der Waals surface area contributed by atoms with Crippen LogP contribution in [0.15, 0.2) is 24.3 Å². The van der Waals surface area contributed by atoms with Gasteiger partial charge in [-0.2, -0.15) is 0 Å². The van der Waals surface area contributed by atoms with Crippen LogP contribution in [0.4, 0.5) is 5.69 Å². The number of sulfone groups is 1. The highest BCUT2D eigenvalue weighted by atomic mass is 32.2. The van der Waals surface area contributed by atoms with E-state index < -0.39 is 9.84 Å². The third kappa shape index (κ3) is 3.14. The van der Waals surface area contributed by atoms with Gasteiger partial charge in [0, 0.05) is 30.3 Å². The molecular formula is C15H18N2O4S. The zero-order chi connectivity index (χ0) is 15.7. The van der Waals surface area contributed by atoms with Crippen molar-refractivity contribution in [2.24, 2.45) is 0 Å². The molecule has 1 N–H and O–H groups in total. The van der Waals surface area contributed by atoms with Crippen molar-refractivity contribution in [1.82, 2.24) is 5.32 Å². The van der Waals surface area contributed by atoms with E-state index in [-0.39, 0.29) is 29.4 Å². The molecule has 1 aromatic carbocycles. The number of carbonyl (C=O) groups is 2. The molecule has 1 aromatic rings. The Morgan fingerprint density at radius 3 is 2.50 bits per heavy atom. The molecule has 1 unspecified atom stereocenters. The Kier molecular flexibility index (Phi) is 3.90. The lowest BCUT2D eigenvalue weighted by Crippen LogP contribution is -2.35. The average molecular weight is 322 g/mol. The summed E-state index contributed by atoms with van der Waals surface area (Å²) >= 11 is 0. The fourth-order valence-corrected chi connectivity index (χ4v) is 4.56. The minimum absolute atomic E-state index is 0.0130. The van der Waals surface area contributed by atoms with E-state index in [0.29, 0.717) is 24.9 Å². The van der Waals surface area contributed by atoms with E-state index in [1.807, 2.05) is 0 Å². The predicted molar refractivity (Wildman–Crippen MR) is 82.6 cm³/mol. The maximum atomic E-state index is 12.1. The zero-order valence-electron chi connectivity index (χ0n) is 12.1. The molecule has 6 nitrogen and oxygen atoms in total. The highest BCUT2D eigenvalue weighted by molar-refractivity contribution is 7.91. The van der Waals surface area contributed by atoms with Crippen LogP contribution in [0.1, 0.15) is 29.6 Å². The number of hydrogen-bond acceptors (Lipinski definition) is 4. The molecule has 3 rings (SSSR count). The molecule has 2 aliphatic rings. The summed E-state index contributed by atoms with van der Waals surface area (Å²) < 4.78 is 22.8. The zero-order valence-corrected chi connectivity index (χ0v) is 12.9. The van der Waals surface area contributed by atoms with Gasteiger partial charge in [0.25, 0.3) is 5.91 Å². The molecule has 2 heterocycles. The normalized spacial score (nSPS) is 23.7. The second-order valence-corrected chi connectivity index (χ2v) is 8.00. The van der Waals surface area contributed by atoms with Crippen LogP contribution in [-0.4, -0.2) is 44.3 Å². The molecule has 1 atom stereocenters. The second-order valence-electron chi connectivity index (χ2n) is 5.77. The lowest BCUT2D eigenvalue weighted by molar-refractivity contribution is -0.117. The number of rotatable bonds is 3. The van der Waals surface area contributed by atoms with Crippen LogP contribution in [0, 0.1) is 0 Å². The summed E-state index contributed by atoms with van der Waals surface area (Å²) in [6, 6.07) is 6.53. The fourth-order valence-electron chi connectivity index (χ4n) is 2.89. The van der Waals surface area contributed by atoms with Crippen LogP contribution in [-0.2, 0) is 14.6 Å². The van der Waals surface area contributed by atoms with Crippen molar-refractivity contribution in [3.8, 4) is 0 Å². The van der Waals surface area contributed by atoms with Gasteiger partial charge in [0.2, 0.25) is 5.91 Å². The van der Waals surface area contributed by atoms with E-state index >= 15 is 0 Å². The highest BCUT2D eigenvalue weighted by Crippen LogP contribution is 2.21. The maximum Gasteiger partial charge on any atom is 0.251 e. The van der Waals surface area contributed by atoms with E-state index in [0.717, 1.165) is 12.1 Å². The molecule has 0 bridgehead atoms. The molecule has 22 heavy (non-hydrogen) atoms. The number of hydrogen-bond donors (Lipinski definition) is 1. The standard InChI is InChI=1S/C15H18N2O4S/c18-14-2-1-8-17(14)13-5-3-11(4-6-13)15(19)16-12-7-9-22(20,21)10-12/h3-6,12H,1-2,7-10H2,(H,16,19). The van der Waals surface area contributed by atoms with Gasteiger partial charge in [-0.15, -0.1) is 0 Å². The Labute approximate surface area is 129 Å². The van der Waals surface area contributed by atoms with Gasteiger partial charge in [0.05, 0.1) is 11.5 Å². The Balaban J connectivity index is 1.65. The minimum atomic E-state index is -3.01. The average Bonchev–Trinajstić information content (AvgIpc) is 3.04. The first kappa shape index (κ1) is 15.0. The molecule has 0 radical (unpaired) electrons. The Morgan fingerprint density at radius 1 is 1.23 bits per heavy atom. The van der Waals surface area contributed by atoms with Crippen LogP contribution in [0.2, 0.25) is 0 Å². The van der Waals surface area contributed by atoms with E-state index in [4.69, 9.17) is 0 Å². The summed E-state index contributed by atoms with van der Waals surface area (Å²) in [5, 5.41) is 2.75. The SMILES string of the molecule is O=C(NC1CCS(=O)(=O)C1)c1ccc(N2CCCC2=O)cc1. The van der Waals surface area contributed by atoms with Crippen molar-refractivity contribution >= 4 is 27.3 Å². The van der Waals surface area contributed by atoms with Crippen molar-refractivity contribution < 1.29 is 18.0 Å². The van der Waals surface area contributed by atoms with Crippen molar-refractivity contribution in [3.05, 3.63) is 29.8 Å². The van der Waals surface area contributed by atoms with Crippen molar-refractivity contribution in [2.75, 3.05) is 23.0 Å².